The summed E-state index contributed by atoms with van der Waals surface area (Å²) in [4.78, 5) is 28.6. The number of benzene rings is 1. The summed E-state index contributed by atoms with van der Waals surface area (Å²) in [6.07, 6.45) is 6.70. The summed E-state index contributed by atoms with van der Waals surface area (Å²) in [7, 11) is 0. The summed E-state index contributed by atoms with van der Waals surface area (Å²) < 4.78 is 5.86. The van der Waals surface area contributed by atoms with Crippen LogP contribution >= 0.6 is 0 Å². The molecule has 3 rings (SSSR count). The number of carbonyl (C=O) groups is 2. The number of amides is 2. The Morgan fingerprint density at radius 2 is 2.00 bits per heavy atom. The molecule has 27 heavy (non-hydrogen) atoms. The number of hydrogen-bond acceptors (Lipinski definition) is 4. The molecule has 144 valence electrons. The molecule has 1 aliphatic rings. The van der Waals surface area contributed by atoms with Gasteiger partial charge in [0.25, 0.3) is 0 Å². The first-order chi connectivity index (χ1) is 13.1. The largest absolute Gasteiger partial charge is 0.376 e. The molecule has 1 aliphatic carbocycles. The Bertz CT molecular complexity index is 821. The number of anilines is 1. The lowest BCUT2D eigenvalue weighted by Gasteiger charge is -2.28. The first kappa shape index (κ1) is 19.3. The standard InChI is InChI=1S/C21H27N3O3/c1-14-6-3-4-8-18(14)27-13-12-23-20(25)21(26)24-17-10-9-15(2)19-16(17)7-5-11-22-19/h5,7,9-11,14,18H,3-4,6,8,12-13H2,1-2H3,(H,23,25)(H,24,26)/t14-,18+/m1/s1. The quantitative estimate of drug-likeness (QED) is 0.626. The molecule has 6 nitrogen and oxygen atoms in total. The fourth-order valence-corrected chi connectivity index (χ4v) is 3.59. The number of fused-ring (bicyclic) bond motifs is 1. The molecule has 2 aromatic rings. The van der Waals surface area contributed by atoms with Gasteiger partial charge in [-0.3, -0.25) is 14.6 Å². The van der Waals surface area contributed by atoms with Crippen LogP contribution in [0, 0.1) is 12.8 Å². The van der Waals surface area contributed by atoms with Crippen LogP contribution in [0.15, 0.2) is 30.5 Å². The van der Waals surface area contributed by atoms with E-state index in [0.717, 1.165) is 22.9 Å². The third-order valence-corrected chi connectivity index (χ3v) is 5.18. The fraction of sp³-hybridized carbons (Fsp3) is 0.476. The van der Waals surface area contributed by atoms with Gasteiger partial charge in [0.2, 0.25) is 0 Å². The van der Waals surface area contributed by atoms with Crippen molar-refractivity contribution >= 4 is 28.4 Å². The normalized spacial score (nSPS) is 19.6. The molecule has 0 saturated heterocycles. The molecule has 0 unspecified atom stereocenters. The van der Waals surface area contributed by atoms with Crippen molar-refractivity contribution in [1.82, 2.24) is 10.3 Å². The van der Waals surface area contributed by atoms with Crippen LogP contribution in [0.5, 0.6) is 0 Å². The van der Waals surface area contributed by atoms with E-state index in [2.05, 4.69) is 22.5 Å². The molecule has 2 atom stereocenters. The molecule has 1 heterocycles. The SMILES string of the molecule is Cc1ccc(NC(=O)C(=O)NCCO[C@H]2CCCC[C@H]2C)c2cccnc12. The first-order valence-electron chi connectivity index (χ1n) is 9.61. The van der Waals surface area contributed by atoms with E-state index in [9.17, 15) is 9.59 Å². The number of nitrogens with one attached hydrogen (secondary N) is 2. The minimum atomic E-state index is -0.685. The predicted octanol–water partition coefficient (Wildman–Crippen LogP) is 3.19. The second-order valence-corrected chi connectivity index (χ2v) is 7.21. The van der Waals surface area contributed by atoms with Gasteiger partial charge in [-0.15, -0.1) is 0 Å². The lowest BCUT2D eigenvalue weighted by molar-refractivity contribution is -0.136. The highest BCUT2D eigenvalue weighted by molar-refractivity contribution is 6.40. The third kappa shape index (κ3) is 4.83. The van der Waals surface area contributed by atoms with Gasteiger partial charge in [0, 0.05) is 18.1 Å². The van der Waals surface area contributed by atoms with Crippen molar-refractivity contribution in [3.05, 3.63) is 36.0 Å². The number of hydrogen-bond donors (Lipinski definition) is 2. The zero-order chi connectivity index (χ0) is 19.2. The molecular formula is C21H27N3O3. The Balaban J connectivity index is 1.50. The van der Waals surface area contributed by atoms with Crippen LogP contribution in [-0.2, 0) is 14.3 Å². The maximum atomic E-state index is 12.2. The number of aromatic nitrogens is 1. The van der Waals surface area contributed by atoms with Crippen LogP contribution in [0.2, 0.25) is 0 Å². The molecule has 0 radical (unpaired) electrons. The summed E-state index contributed by atoms with van der Waals surface area (Å²) in [6.45, 7) is 4.91. The van der Waals surface area contributed by atoms with Crippen molar-refractivity contribution in [2.24, 2.45) is 5.92 Å². The summed E-state index contributed by atoms with van der Waals surface area (Å²) in [6, 6.07) is 7.35. The van der Waals surface area contributed by atoms with E-state index < -0.39 is 11.8 Å². The molecule has 0 spiro atoms. The molecule has 2 N–H and O–H groups in total. The molecule has 0 bridgehead atoms. The molecule has 1 aromatic heterocycles. The lowest BCUT2D eigenvalue weighted by atomic mass is 9.88. The summed E-state index contributed by atoms with van der Waals surface area (Å²) >= 11 is 0. The van der Waals surface area contributed by atoms with Crippen molar-refractivity contribution in [1.29, 1.82) is 0 Å². The Kier molecular flexibility index (Phi) is 6.40. The van der Waals surface area contributed by atoms with Gasteiger partial charge in [0.15, 0.2) is 0 Å². The van der Waals surface area contributed by atoms with Gasteiger partial charge >= 0.3 is 11.8 Å². The highest BCUT2D eigenvalue weighted by Crippen LogP contribution is 2.26. The van der Waals surface area contributed by atoms with E-state index in [0.29, 0.717) is 24.8 Å². The summed E-state index contributed by atoms with van der Waals surface area (Å²) in [5, 5.41) is 6.12. The minimum Gasteiger partial charge on any atom is -0.376 e. The van der Waals surface area contributed by atoms with Crippen molar-refractivity contribution in [2.45, 2.75) is 45.6 Å². The number of aryl methyl sites for hydroxylation is 1. The van der Waals surface area contributed by atoms with Gasteiger partial charge in [-0.05, 0) is 49.4 Å². The number of rotatable bonds is 5. The van der Waals surface area contributed by atoms with Crippen LogP contribution < -0.4 is 10.6 Å². The second kappa shape index (κ2) is 8.95. The van der Waals surface area contributed by atoms with E-state index in [1.165, 1.54) is 19.3 Å². The Labute approximate surface area is 159 Å². The maximum absolute atomic E-state index is 12.2. The van der Waals surface area contributed by atoms with Crippen LogP contribution in [0.1, 0.15) is 38.2 Å². The van der Waals surface area contributed by atoms with E-state index in [-0.39, 0.29) is 6.10 Å². The van der Waals surface area contributed by atoms with Gasteiger partial charge in [-0.1, -0.05) is 25.8 Å². The third-order valence-electron chi connectivity index (χ3n) is 5.18. The minimum absolute atomic E-state index is 0.260. The maximum Gasteiger partial charge on any atom is 0.313 e. The van der Waals surface area contributed by atoms with Crippen LogP contribution in [0.3, 0.4) is 0 Å². The lowest BCUT2D eigenvalue weighted by Crippen LogP contribution is -2.38. The molecule has 2 amide bonds. The van der Waals surface area contributed by atoms with E-state index in [1.54, 1.807) is 18.3 Å². The zero-order valence-electron chi connectivity index (χ0n) is 16.0. The topological polar surface area (TPSA) is 80.3 Å². The number of ether oxygens (including phenoxy) is 1. The number of pyridine rings is 1. The Morgan fingerprint density at radius 1 is 1.19 bits per heavy atom. The van der Waals surface area contributed by atoms with Crippen molar-refractivity contribution in [3.63, 3.8) is 0 Å². The fourth-order valence-electron chi connectivity index (χ4n) is 3.59. The average molecular weight is 369 g/mol. The molecular weight excluding hydrogens is 342 g/mol. The van der Waals surface area contributed by atoms with Gasteiger partial charge in [-0.2, -0.15) is 0 Å². The molecule has 0 aliphatic heterocycles. The van der Waals surface area contributed by atoms with Gasteiger partial charge in [0.05, 0.1) is 23.9 Å². The van der Waals surface area contributed by atoms with Crippen molar-refractivity contribution < 1.29 is 14.3 Å². The first-order valence-corrected chi connectivity index (χ1v) is 9.61. The van der Waals surface area contributed by atoms with Crippen molar-refractivity contribution in [2.75, 3.05) is 18.5 Å². The smallest absolute Gasteiger partial charge is 0.313 e. The summed E-state index contributed by atoms with van der Waals surface area (Å²) in [5.41, 5.74) is 2.41. The summed E-state index contributed by atoms with van der Waals surface area (Å²) in [5.74, 6) is -0.788. The van der Waals surface area contributed by atoms with Crippen molar-refractivity contribution in [3.8, 4) is 0 Å². The number of nitrogens with zero attached hydrogens (tertiary/aromatic N) is 1. The highest BCUT2D eigenvalue weighted by atomic mass is 16.5. The molecule has 1 saturated carbocycles. The monoisotopic (exact) mass is 369 g/mol. The number of carbonyl (C=O) groups excluding carboxylic acids is 2. The van der Waals surface area contributed by atoms with Gasteiger partial charge in [0.1, 0.15) is 0 Å². The molecule has 1 fully saturated rings. The van der Waals surface area contributed by atoms with Crippen LogP contribution in [-0.4, -0.2) is 36.1 Å². The van der Waals surface area contributed by atoms with Gasteiger partial charge in [-0.25, -0.2) is 0 Å². The van der Waals surface area contributed by atoms with E-state index >= 15 is 0 Å². The molecule has 1 aromatic carbocycles. The Morgan fingerprint density at radius 3 is 2.81 bits per heavy atom. The van der Waals surface area contributed by atoms with E-state index in [1.807, 2.05) is 19.1 Å². The van der Waals surface area contributed by atoms with Crippen LogP contribution in [0.25, 0.3) is 10.9 Å². The highest BCUT2D eigenvalue weighted by Gasteiger charge is 2.22. The second-order valence-electron chi connectivity index (χ2n) is 7.21. The predicted molar refractivity (Wildman–Crippen MR) is 105 cm³/mol. The average Bonchev–Trinajstić information content (AvgIpc) is 2.68. The van der Waals surface area contributed by atoms with Gasteiger partial charge < -0.3 is 15.4 Å². The Hall–Kier alpha value is -2.47. The molecule has 6 heteroatoms. The van der Waals surface area contributed by atoms with E-state index in [4.69, 9.17) is 4.74 Å². The zero-order valence-corrected chi connectivity index (χ0v) is 16.0. The van der Waals surface area contributed by atoms with Crippen LogP contribution in [0.4, 0.5) is 5.69 Å².